The molecule has 0 atom stereocenters. The van der Waals surface area contributed by atoms with E-state index in [1.54, 1.807) is 30.4 Å². The molecule has 0 fully saturated rings. The van der Waals surface area contributed by atoms with Crippen LogP contribution in [0.3, 0.4) is 0 Å². The van der Waals surface area contributed by atoms with E-state index in [9.17, 15) is 8.78 Å². The molecular weight excluding hydrogens is 368 g/mol. The molecule has 8 heteroatoms. The Kier molecular flexibility index (Phi) is 5.27. The quantitative estimate of drug-likeness (QED) is 0.582. The molecule has 0 aliphatic carbocycles. The lowest BCUT2D eigenvalue weighted by Crippen LogP contribution is -2.05. The van der Waals surface area contributed by atoms with Gasteiger partial charge in [0.1, 0.15) is 5.52 Å². The lowest BCUT2D eigenvalue weighted by atomic mass is 10.1. The number of nitrogens with zero attached hydrogens (tertiary/aromatic N) is 1. The first kappa shape index (κ1) is 18.0. The number of hydrogen-bond donors (Lipinski definition) is 0. The summed E-state index contributed by atoms with van der Waals surface area (Å²) in [6, 6.07) is 8.21. The zero-order valence-corrected chi connectivity index (χ0v) is 14.6. The fourth-order valence-corrected chi connectivity index (χ4v) is 2.53. The second-order valence-corrected chi connectivity index (χ2v) is 5.57. The van der Waals surface area contributed by atoms with Crippen molar-refractivity contribution in [2.75, 3.05) is 14.2 Å². The first-order valence-electron chi connectivity index (χ1n) is 7.45. The lowest BCUT2D eigenvalue weighted by Gasteiger charge is -2.14. The second kappa shape index (κ2) is 7.61. The number of hydrogen-bond acceptors (Lipinski definition) is 5. The summed E-state index contributed by atoms with van der Waals surface area (Å²) in [5.74, 6) is 0.439. The summed E-state index contributed by atoms with van der Waals surface area (Å²) in [7, 11) is 2.70. The summed E-state index contributed by atoms with van der Waals surface area (Å²) in [4.78, 5) is 4.31. The van der Waals surface area contributed by atoms with Gasteiger partial charge in [-0.3, -0.25) is 0 Å². The molecule has 2 aromatic carbocycles. The van der Waals surface area contributed by atoms with Crippen molar-refractivity contribution in [3.05, 3.63) is 46.8 Å². The van der Waals surface area contributed by atoms with E-state index in [0.717, 1.165) is 0 Å². The van der Waals surface area contributed by atoms with Gasteiger partial charge >= 0.3 is 6.61 Å². The Balaban J connectivity index is 1.93. The summed E-state index contributed by atoms with van der Waals surface area (Å²) in [5.41, 5.74) is 1.86. The van der Waals surface area contributed by atoms with E-state index in [1.165, 1.54) is 26.4 Å². The van der Waals surface area contributed by atoms with Gasteiger partial charge in [0.2, 0.25) is 11.6 Å². The molecule has 1 heterocycles. The minimum atomic E-state index is -2.99. The molecule has 26 heavy (non-hydrogen) atoms. The number of ether oxygens (including phenoxy) is 3. The van der Waals surface area contributed by atoms with Gasteiger partial charge in [-0.25, -0.2) is 4.98 Å². The Labute approximate surface area is 152 Å². The Morgan fingerprint density at radius 1 is 1.08 bits per heavy atom. The Bertz CT molecular complexity index is 931. The Hall–Kier alpha value is -2.80. The highest BCUT2D eigenvalue weighted by molar-refractivity contribution is 6.31. The van der Waals surface area contributed by atoms with Crippen molar-refractivity contribution in [3.8, 4) is 17.2 Å². The molecule has 3 aromatic rings. The van der Waals surface area contributed by atoms with Crippen LogP contribution in [0.1, 0.15) is 11.5 Å². The molecule has 0 spiro atoms. The predicted molar refractivity (Wildman–Crippen MR) is 94.1 cm³/mol. The van der Waals surface area contributed by atoms with Crippen LogP contribution in [-0.4, -0.2) is 25.8 Å². The standard InChI is InChI=1S/C18H14ClF2NO4/c1-23-14-7-10(8-15(24-2)17(14)26-18(20)21)3-6-16-22-12-9-11(19)4-5-13(12)25-16/h3-9,18H,1-2H3/b6-3+. The third-order valence-corrected chi connectivity index (χ3v) is 3.71. The van der Waals surface area contributed by atoms with E-state index in [4.69, 9.17) is 25.5 Å². The van der Waals surface area contributed by atoms with Gasteiger partial charge in [0.25, 0.3) is 0 Å². The van der Waals surface area contributed by atoms with Crippen LogP contribution in [0, 0.1) is 0 Å². The highest BCUT2D eigenvalue weighted by atomic mass is 35.5. The number of aromatic nitrogens is 1. The van der Waals surface area contributed by atoms with Crippen LogP contribution in [0.2, 0.25) is 5.02 Å². The van der Waals surface area contributed by atoms with E-state index >= 15 is 0 Å². The SMILES string of the molecule is COc1cc(/C=C/c2nc3cc(Cl)ccc3o2)cc(OC)c1OC(F)F. The summed E-state index contributed by atoms with van der Waals surface area (Å²) >= 11 is 5.93. The number of benzene rings is 2. The van der Waals surface area contributed by atoms with Crippen LogP contribution in [0.5, 0.6) is 17.2 Å². The van der Waals surface area contributed by atoms with Gasteiger partial charge in [0.05, 0.1) is 14.2 Å². The fourth-order valence-electron chi connectivity index (χ4n) is 2.36. The van der Waals surface area contributed by atoms with Crippen molar-refractivity contribution in [1.29, 1.82) is 0 Å². The van der Waals surface area contributed by atoms with Crippen molar-refractivity contribution < 1.29 is 27.4 Å². The summed E-state index contributed by atoms with van der Waals surface area (Å²) in [5, 5.41) is 0.561. The van der Waals surface area contributed by atoms with Gasteiger partial charge in [-0.15, -0.1) is 0 Å². The maximum absolute atomic E-state index is 12.6. The van der Waals surface area contributed by atoms with E-state index in [-0.39, 0.29) is 17.2 Å². The Morgan fingerprint density at radius 3 is 2.38 bits per heavy atom. The van der Waals surface area contributed by atoms with E-state index in [1.807, 2.05) is 0 Å². The molecule has 1 aromatic heterocycles. The van der Waals surface area contributed by atoms with E-state index in [0.29, 0.717) is 27.6 Å². The zero-order chi connectivity index (χ0) is 18.7. The first-order valence-corrected chi connectivity index (χ1v) is 7.83. The van der Waals surface area contributed by atoms with Crippen molar-refractivity contribution in [2.45, 2.75) is 6.61 Å². The minimum absolute atomic E-state index is 0.119. The molecule has 5 nitrogen and oxygen atoms in total. The maximum atomic E-state index is 12.6. The van der Waals surface area contributed by atoms with Gasteiger partial charge in [0, 0.05) is 11.1 Å². The number of methoxy groups -OCH3 is 2. The van der Waals surface area contributed by atoms with Crippen molar-refractivity contribution in [3.63, 3.8) is 0 Å². The number of oxazole rings is 1. The molecule has 0 saturated heterocycles. The van der Waals surface area contributed by atoms with Gasteiger partial charge < -0.3 is 18.6 Å². The molecule has 0 bridgehead atoms. The van der Waals surface area contributed by atoms with Crippen LogP contribution in [0.25, 0.3) is 23.3 Å². The molecule has 0 amide bonds. The van der Waals surface area contributed by atoms with Crippen molar-refractivity contribution in [1.82, 2.24) is 4.98 Å². The zero-order valence-electron chi connectivity index (χ0n) is 13.8. The molecule has 0 N–H and O–H groups in total. The topological polar surface area (TPSA) is 53.7 Å². The lowest BCUT2D eigenvalue weighted by molar-refractivity contribution is -0.0526. The summed E-state index contributed by atoms with van der Waals surface area (Å²) in [6.45, 7) is -2.99. The molecule has 0 aliphatic rings. The predicted octanol–water partition coefficient (Wildman–Crippen LogP) is 5.27. The highest BCUT2D eigenvalue weighted by Gasteiger charge is 2.17. The number of rotatable bonds is 6. The Morgan fingerprint density at radius 2 is 1.77 bits per heavy atom. The molecular formula is C18H14ClF2NO4. The summed E-state index contributed by atoms with van der Waals surface area (Å²) < 4.78 is 45.5. The molecule has 3 rings (SSSR count). The molecule has 0 radical (unpaired) electrons. The second-order valence-electron chi connectivity index (χ2n) is 5.13. The maximum Gasteiger partial charge on any atom is 0.387 e. The average Bonchev–Trinajstić information content (AvgIpc) is 3.02. The molecule has 136 valence electrons. The molecule has 0 aliphatic heterocycles. The highest BCUT2D eigenvalue weighted by Crippen LogP contribution is 2.40. The average molecular weight is 382 g/mol. The molecule has 0 unspecified atom stereocenters. The van der Waals surface area contributed by atoms with E-state index in [2.05, 4.69) is 9.72 Å². The monoisotopic (exact) mass is 381 g/mol. The van der Waals surface area contributed by atoms with Crippen molar-refractivity contribution >= 4 is 34.9 Å². The van der Waals surface area contributed by atoms with Gasteiger partial charge in [-0.2, -0.15) is 8.78 Å². The van der Waals surface area contributed by atoms with Gasteiger partial charge in [-0.05, 0) is 42.0 Å². The number of halogens is 3. The van der Waals surface area contributed by atoms with Crippen LogP contribution in [0.4, 0.5) is 8.78 Å². The smallest absolute Gasteiger partial charge is 0.387 e. The number of fused-ring (bicyclic) bond motifs is 1. The third kappa shape index (κ3) is 3.88. The van der Waals surface area contributed by atoms with Crippen LogP contribution < -0.4 is 14.2 Å². The first-order chi connectivity index (χ1) is 12.5. The minimum Gasteiger partial charge on any atom is -0.493 e. The molecule has 0 saturated carbocycles. The van der Waals surface area contributed by atoms with Crippen LogP contribution in [-0.2, 0) is 0 Å². The third-order valence-electron chi connectivity index (χ3n) is 3.47. The normalized spacial score (nSPS) is 11.5. The fraction of sp³-hybridized carbons (Fsp3) is 0.167. The largest absolute Gasteiger partial charge is 0.493 e. The van der Waals surface area contributed by atoms with Crippen LogP contribution >= 0.6 is 11.6 Å². The van der Waals surface area contributed by atoms with Gasteiger partial charge in [-0.1, -0.05) is 11.6 Å². The van der Waals surface area contributed by atoms with Crippen LogP contribution in [0.15, 0.2) is 34.7 Å². The summed E-state index contributed by atoms with van der Waals surface area (Å²) in [6.07, 6.45) is 3.32. The van der Waals surface area contributed by atoms with Crippen molar-refractivity contribution in [2.24, 2.45) is 0 Å². The number of alkyl halides is 2. The van der Waals surface area contributed by atoms with E-state index < -0.39 is 6.61 Å². The van der Waals surface area contributed by atoms with Gasteiger partial charge in [0.15, 0.2) is 17.1 Å².